The Labute approximate surface area is 288 Å². The number of likely N-dealkylation sites (tertiary alicyclic amines) is 1. The van der Waals surface area contributed by atoms with Crippen molar-refractivity contribution < 1.29 is 23.8 Å². The number of carbonyl (C=O) groups is 2. The molecule has 0 saturated carbocycles. The molecule has 3 atom stereocenters. The topological polar surface area (TPSA) is 129 Å². The number of carbonyl (C=O) groups excluding carboxylic acids is 1. The molecule has 10 nitrogen and oxygen atoms in total. The summed E-state index contributed by atoms with van der Waals surface area (Å²) in [6.07, 6.45) is 8.67. The Balaban J connectivity index is 1.35. The number of anilines is 1. The van der Waals surface area contributed by atoms with E-state index in [1.54, 1.807) is 24.3 Å². The lowest BCUT2D eigenvalue weighted by molar-refractivity contribution is -0.141. The van der Waals surface area contributed by atoms with Crippen LogP contribution in [0.2, 0.25) is 0 Å². The second-order valence-electron chi connectivity index (χ2n) is 12.3. The van der Waals surface area contributed by atoms with Gasteiger partial charge in [-0.15, -0.1) is 0 Å². The van der Waals surface area contributed by atoms with Crippen LogP contribution in [0.3, 0.4) is 0 Å². The minimum absolute atomic E-state index is 0.0534. The summed E-state index contributed by atoms with van der Waals surface area (Å²) < 4.78 is 20.3. The van der Waals surface area contributed by atoms with Crippen molar-refractivity contribution in [1.29, 1.82) is 0 Å². The Hall–Kier alpha value is -4.03. The molecular formula is C35H37Cl2FN6O4. The molecule has 4 N–H and O–H groups in total. The molecule has 0 spiro atoms. The first-order chi connectivity index (χ1) is 23.1. The number of methoxy groups -OCH3 is 1. The van der Waals surface area contributed by atoms with Crippen molar-refractivity contribution in [3.8, 4) is 5.88 Å². The maximum Gasteiger partial charge on any atom is 0.307 e. The maximum absolute atomic E-state index is 16.3. The van der Waals surface area contributed by atoms with Crippen molar-refractivity contribution in [3.05, 3.63) is 101 Å². The number of halogens is 3. The first-order valence-corrected chi connectivity index (χ1v) is 16.6. The second-order valence-corrected chi connectivity index (χ2v) is 13.6. The summed E-state index contributed by atoms with van der Waals surface area (Å²) >= 11 is 14.8. The Kier molecular flexibility index (Phi) is 10.0. The van der Waals surface area contributed by atoms with Gasteiger partial charge in [-0.3, -0.25) is 14.5 Å². The van der Waals surface area contributed by atoms with Gasteiger partial charge in [-0.05, 0) is 48.7 Å². The van der Waals surface area contributed by atoms with E-state index < -0.39 is 27.6 Å². The molecule has 1 amide bonds. The van der Waals surface area contributed by atoms with Gasteiger partial charge in [-0.25, -0.2) is 14.4 Å². The third-order valence-electron chi connectivity index (χ3n) is 9.16. The number of hydrogen-bond acceptors (Lipinski definition) is 8. The lowest BCUT2D eigenvalue weighted by atomic mass is 9.79. The molecule has 2 saturated heterocycles. The molecule has 3 unspecified atom stereocenters. The van der Waals surface area contributed by atoms with Crippen LogP contribution < -0.4 is 20.7 Å². The van der Waals surface area contributed by atoms with Gasteiger partial charge in [0.2, 0.25) is 11.8 Å². The average molecular weight is 696 g/mol. The van der Waals surface area contributed by atoms with Crippen LogP contribution in [0.25, 0.3) is 5.57 Å². The number of carboxylic acids is 1. The summed E-state index contributed by atoms with van der Waals surface area (Å²) in [6.45, 7) is 2.13. The number of alkyl halides is 2. The minimum atomic E-state index is -1.73. The van der Waals surface area contributed by atoms with Crippen molar-refractivity contribution in [3.63, 3.8) is 0 Å². The smallest absolute Gasteiger partial charge is 0.307 e. The molecule has 13 heteroatoms. The maximum atomic E-state index is 16.3. The standard InChI is InChI=1S/C35H37Cl2FN6O4/c1-48-32-23(18-39-19-26-10-12-29(45)41-26)9-11-28(42-32)34(15-5-8-27(35(34,36)37)22-6-3-2-4-7-22)43-31-30(38)24(13-16-40-31)20-44-17-14-25(21-44)33(46)47/h2-9,11,13,15-16,25-26,39H,10,12,14,17-21H2,1H3,(H,40,43)(H,41,45)(H,46,47). The van der Waals surface area contributed by atoms with Crippen LogP contribution in [0.5, 0.6) is 5.88 Å². The molecule has 0 bridgehead atoms. The number of aromatic nitrogens is 2. The van der Waals surface area contributed by atoms with Crippen molar-refractivity contribution in [2.24, 2.45) is 5.92 Å². The lowest BCUT2D eigenvalue weighted by Crippen LogP contribution is -2.51. The first kappa shape index (κ1) is 33.9. The molecule has 6 rings (SSSR count). The number of aliphatic carboxylic acids is 1. The number of benzene rings is 1. The normalized spacial score (nSPS) is 23.5. The zero-order chi connectivity index (χ0) is 33.9. The fourth-order valence-electron chi connectivity index (χ4n) is 6.55. The monoisotopic (exact) mass is 694 g/mol. The van der Waals surface area contributed by atoms with Crippen LogP contribution in [0.1, 0.15) is 41.6 Å². The number of hydrogen-bond donors (Lipinski definition) is 4. The van der Waals surface area contributed by atoms with E-state index in [4.69, 9.17) is 32.9 Å². The van der Waals surface area contributed by atoms with Crippen molar-refractivity contribution in [2.45, 2.75) is 48.3 Å². The number of carboxylic acid groups (broad SMARTS) is 1. The second kappa shape index (κ2) is 14.2. The van der Waals surface area contributed by atoms with Gasteiger partial charge in [0.05, 0.1) is 18.7 Å². The fourth-order valence-corrected chi connectivity index (χ4v) is 7.30. The minimum Gasteiger partial charge on any atom is -0.481 e. The summed E-state index contributed by atoms with van der Waals surface area (Å²) in [5, 5.41) is 19.0. The van der Waals surface area contributed by atoms with Crippen molar-refractivity contribution >= 4 is 46.5 Å². The van der Waals surface area contributed by atoms with E-state index in [9.17, 15) is 14.7 Å². The van der Waals surface area contributed by atoms with E-state index in [0.29, 0.717) is 61.7 Å². The predicted molar refractivity (Wildman–Crippen MR) is 182 cm³/mol. The van der Waals surface area contributed by atoms with Crippen LogP contribution >= 0.6 is 23.2 Å². The van der Waals surface area contributed by atoms with Crippen LogP contribution in [-0.2, 0) is 28.2 Å². The van der Waals surface area contributed by atoms with E-state index in [1.165, 1.54) is 13.3 Å². The molecule has 0 radical (unpaired) electrons. The highest BCUT2D eigenvalue weighted by atomic mass is 35.5. The number of amides is 1. The number of pyridine rings is 2. The summed E-state index contributed by atoms with van der Waals surface area (Å²) in [5.74, 6) is -1.64. The van der Waals surface area contributed by atoms with Gasteiger partial charge in [0.15, 0.2) is 16.0 Å². The molecule has 2 fully saturated rings. The van der Waals surface area contributed by atoms with Crippen LogP contribution in [0, 0.1) is 11.7 Å². The largest absolute Gasteiger partial charge is 0.481 e. The zero-order valence-electron chi connectivity index (χ0n) is 26.4. The van der Waals surface area contributed by atoms with Crippen LogP contribution in [-0.4, -0.2) is 69.0 Å². The number of nitrogens with one attached hydrogen (secondary N) is 3. The molecule has 1 aromatic carbocycles. The average Bonchev–Trinajstić information content (AvgIpc) is 3.73. The first-order valence-electron chi connectivity index (χ1n) is 15.9. The highest BCUT2D eigenvalue weighted by Crippen LogP contribution is 2.54. The summed E-state index contributed by atoms with van der Waals surface area (Å²) in [7, 11) is 1.52. The van der Waals surface area contributed by atoms with E-state index in [-0.39, 0.29) is 24.3 Å². The van der Waals surface area contributed by atoms with Crippen molar-refractivity contribution in [2.75, 3.05) is 32.1 Å². The third-order valence-corrected chi connectivity index (χ3v) is 10.2. The van der Waals surface area contributed by atoms with Gasteiger partial charge in [-0.2, -0.15) is 0 Å². The molecule has 48 heavy (non-hydrogen) atoms. The van der Waals surface area contributed by atoms with E-state index >= 15 is 4.39 Å². The number of nitrogens with zero attached hydrogens (tertiary/aromatic N) is 3. The van der Waals surface area contributed by atoms with Gasteiger partial charge in [-0.1, -0.05) is 71.8 Å². The Morgan fingerprint density at radius 1 is 1.17 bits per heavy atom. The highest BCUT2D eigenvalue weighted by molar-refractivity contribution is 6.55. The molecular weight excluding hydrogens is 658 g/mol. The predicted octanol–water partition coefficient (Wildman–Crippen LogP) is 5.03. The SMILES string of the molecule is COc1nc(C2(Nc3nccc(CN4CCC(C(=O)O)C4)c3F)C=CC=C(c3ccccc3)C2(Cl)Cl)ccc1CNCC1CCC(=O)N1. The van der Waals surface area contributed by atoms with Gasteiger partial charge in [0.1, 0.15) is 5.54 Å². The molecule has 3 aliphatic rings. The number of ether oxygens (including phenoxy) is 1. The van der Waals surface area contributed by atoms with Gasteiger partial charge in [0.25, 0.3) is 0 Å². The molecule has 2 aromatic heterocycles. The van der Waals surface area contributed by atoms with E-state index in [1.807, 2.05) is 47.4 Å². The van der Waals surface area contributed by atoms with Crippen LogP contribution in [0.4, 0.5) is 10.2 Å². The number of allylic oxidation sites excluding steroid dienone is 2. The zero-order valence-corrected chi connectivity index (χ0v) is 27.9. The Morgan fingerprint density at radius 3 is 2.69 bits per heavy atom. The number of rotatable bonds is 12. The highest BCUT2D eigenvalue weighted by Gasteiger charge is 2.55. The third kappa shape index (κ3) is 6.78. The lowest BCUT2D eigenvalue weighted by Gasteiger charge is -2.44. The van der Waals surface area contributed by atoms with Gasteiger partial charge < -0.3 is 25.8 Å². The molecule has 1 aliphatic carbocycles. The fraction of sp³-hybridized carbons (Fsp3) is 0.371. The van der Waals surface area contributed by atoms with Crippen LogP contribution in [0.15, 0.2) is 73.0 Å². The Bertz CT molecular complexity index is 1740. The van der Waals surface area contributed by atoms with Gasteiger partial charge >= 0.3 is 5.97 Å². The molecule has 2 aliphatic heterocycles. The molecule has 4 heterocycles. The van der Waals surface area contributed by atoms with E-state index in [2.05, 4.69) is 20.9 Å². The van der Waals surface area contributed by atoms with Crippen molar-refractivity contribution in [1.82, 2.24) is 25.5 Å². The molecule has 252 valence electrons. The summed E-state index contributed by atoms with van der Waals surface area (Å²) in [4.78, 5) is 34.2. The summed E-state index contributed by atoms with van der Waals surface area (Å²) in [6, 6.07) is 14.7. The molecule has 3 aromatic rings. The summed E-state index contributed by atoms with van der Waals surface area (Å²) in [5.41, 5.74) is 1.30. The Morgan fingerprint density at radius 2 is 1.98 bits per heavy atom. The quantitative estimate of drug-likeness (QED) is 0.193. The van der Waals surface area contributed by atoms with Gasteiger partial charge in [0, 0.05) is 56.0 Å². The van der Waals surface area contributed by atoms with E-state index in [0.717, 1.165) is 17.5 Å².